The molecule has 1 aliphatic rings. The molecule has 11 nitrogen and oxygen atoms in total. The van der Waals surface area contributed by atoms with Gasteiger partial charge in [0.25, 0.3) is 0 Å². The van der Waals surface area contributed by atoms with Crippen LogP contribution in [0.15, 0.2) is 44.2 Å². The van der Waals surface area contributed by atoms with Crippen molar-refractivity contribution in [1.82, 2.24) is 0 Å². The van der Waals surface area contributed by atoms with Crippen molar-refractivity contribution in [3.8, 4) is 5.75 Å². The van der Waals surface area contributed by atoms with Crippen molar-refractivity contribution in [3.63, 3.8) is 0 Å². The minimum Gasteiger partial charge on any atom is -0.483 e. The van der Waals surface area contributed by atoms with E-state index in [1.807, 2.05) is 0 Å². The van der Waals surface area contributed by atoms with Gasteiger partial charge in [-0.25, -0.2) is 4.79 Å². The van der Waals surface area contributed by atoms with Gasteiger partial charge in [0.2, 0.25) is 5.75 Å². The van der Waals surface area contributed by atoms with Crippen molar-refractivity contribution < 1.29 is 48.6 Å². The van der Waals surface area contributed by atoms with Gasteiger partial charge in [-0.15, -0.1) is 0 Å². The van der Waals surface area contributed by atoms with E-state index >= 15 is 0 Å². The Balaban J connectivity index is 1.62. The molecule has 3 aromatic rings. The van der Waals surface area contributed by atoms with E-state index < -0.39 is 54.6 Å². The second-order valence-electron chi connectivity index (χ2n) is 8.50. The highest BCUT2D eigenvalue weighted by atomic mass is 16.7. The summed E-state index contributed by atoms with van der Waals surface area (Å²) in [5, 5.41) is 51.6. The van der Waals surface area contributed by atoms with Crippen molar-refractivity contribution >= 4 is 21.9 Å². The van der Waals surface area contributed by atoms with Crippen LogP contribution in [-0.4, -0.2) is 81.2 Å². The number of benzene rings is 1. The van der Waals surface area contributed by atoms with Crippen LogP contribution in [0.3, 0.4) is 0 Å². The van der Waals surface area contributed by atoms with E-state index in [-0.39, 0.29) is 17.9 Å². The van der Waals surface area contributed by atoms with Crippen LogP contribution in [0, 0.1) is 0 Å². The van der Waals surface area contributed by atoms with Crippen LogP contribution in [0.1, 0.15) is 13.8 Å². The van der Waals surface area contributed by atoms with E-state index in [9.17, 15) is 30.3 Å². The maximum Gasteiger partial charge on any atom is 0.336 e. The first-order chi connectivity index (χ1) is 15.6. The van der Waals surface area contributed by atoms with Gasteiger partial charge in [-0.2, -0.15) is 0 Å². The maximum atomic E-state index is 11.8. The Morgan fingerprint density at radius 1 is 1.06 bits per heavy atom. The molecule has 0 amide bonds. The van der Waals surface area contributed by atoms with Gasteiger partial charge >= 0.3 is 5.63 Å². The van der Waals surface area contributed by atoms with Gasteiger partial charge in [-0.3, -0.25) is 0 Å². The molecule has 0 bridgehead atoms. The Hall–Kier alpha value is -2.51. The highest BCUT2D eigenvalue weighted by Gasteiger charge is 2.46. The molecule has 1 fully saturated rings. The molecule has 1 saturated heterocycles. The zero-order valence-electron chi connectivity index (χ0n) is 18.0. The van der Waals surface area contributed by atoms with Crippen LogP contribution in [0.25, 0.3) is 21.9 Å². The highest BCUT2D eigenvalue weighted by molar-refractivity contribution is 5.99. The summed E-state index contributed by atoms with van der Waals surface area (Å²) in [5.41, 5.74) is -1.65. The molecule has 2 aromatic heterocycles. The average molecular weight is 466 g/mol. The minimum absolute atomic E-state index is 0.122. The monoisotopic (exact) mass is 466 g/mol. The number of hydrogen-bond donors (Lipinski definition) is 5. The molecule has 4 rings (SSSR count). The molecule has 0 spiro atoms. The second-order valence-corrected chi connectivity index (χ2v) is 8.50. The molecule has 0 unspecified atom stereocenters. The Labute approximate surface area is 187 Å². The zero-order chi connectivity index (χ0) is 23.9. The number of aliphatic hydroxyl groups excluding tert-OH is 4. The lowest BCUT2D eigenvalue weighted by Gasteiger charge is -2.42. The molecular weight excluding hydrogens is 440 g/mol. The first kappa shape index (κ1) is 23.6. The third-order valence-electron chi connectivity index (χ3n) is 5.60. The molecule has 0 aliphatic carbocycles. The predicted octanol–water partition coefficient (Wildman–Crippen LogP) is -0.126. The Morgan fingerprint density at radius 3 is 2.48 bits per heavy atom. The topological polar surface area (TPSA) is 172 Å². The third-order valence-corrected chi connectivity index (χ3v) is 5.60. The summed E-state index contributed by atoms with van der Waals surface area (Å²) in [6.07, 6.45) is -7.17. The van der Waals surface area contributed by atoms with Gasteiger partial charge in [-0.05, 0) is 32.0 Å². The summed E-state index contributed by atoms with van der Waals surface area (Å²) in [6.45, 7) is 1.96. The van der Waals surface area contributed by atoms with Crippen LogP contribution in [-0.2, 0) is 9.47 Å². The number of hydrogen-bond acceptors (Lipinski definition) is 11. The molecule has 0 radical (unpaired) electrons. The summed E-state index contributed by atoms with van der Waals surface area (Å²) >= 11 is 0. The zero-order valence-corrected chi connectivity index (χ0v) is 18.0. The summed E-state index contributed by atoms with van der Waals surface area (Å²) in [4.78, 5) is 11.8. The second kappa shape index (κ2) is 9.03. The van der Waals surface area contributed by atoms with Gasteiger partial charge in [0.05, 0.1) is 18.5 Å². The average Bonchev–Trinajstić information content (AvgIpc) is 3.23. The van der Waals surface area contributed by atoms with Gasteiger partial charge in [0.1, 0.15) is 37.1 Å². The summed E-state index contributed by atoms with van der Waals surface area (Å²) in [7, 11) is 0. The van der Waals surface area contributed by atoms with Crippen LogP contribution in [0.2, 0.25) is 0 Å². The van der Waals surface area contributed by atoms with Gasteiger partial charge < -0.3 is 48.6 Å². The van der Waals surface area contributed by atoms with E-state index in [2.05, 4.69) is 0 Å². The van der Waals surface area contributed by atoms with Crippen molar-refractivity contribution in [2.45, 2.75) is 56.3 Å². The Morgan fingerprint density at radius 2 is 1.79 bits per heavy atom. The maximum absolute atomic E-state index is 11.8. The normalized spacial score (nSPS) is 27.2. The molecular formula is C22H26O11. The molecule has 6 atom stereocenters. The smallest absolute Gasteiger partial charge is 0.336 e. The van der Waals surface area contributed by atoms with E-state index in [1.165, 1.54) is 26.2 Å². The fraction of sp³-hybridized carbons (Fsp3) is 0.500. The van der Waals surface area contributed by atoms with Gasteiger partial charge in [0, 0.05) is 16.8 Å². The summed E-state index contributed by atoms with van der Waals surface area (Å²) in [5.74, 6) is 0.122. The number of rotatable bonds is 7. The van der Waals surface area contributed by atoms with Gasteiger partial charge in [-0.1, -0.05) is 0 Å². The highest BCUT2D eigenvalue weighted by Crippen LogP contribution is 2.35. The van der Waals surface area contributed by atoms with E-state index in [0.29, 0.717) is 16.4 Å². The number of furan rings is 1. The molecule has 11 heteroatoms. The summed E-state index contributed by atoms with van der Waals surface area (Å²) < 4.78 is 27.8. The predicted molar refractivity (Wildman–Crippen MR) is 113 cm³/mol. The number of aliphatic hydroxyl groups is 5. The van der Waals surface area contributed by atoms with Crippen molar-refractivity contribution in [2.24, 2.45) is 0 Å². The lowest BCUT2D eigenvalue weighted by Crippen LogP contribution is -2.61. The first-order valence-electron chi connectivity index (χ1n) is 10.4. The minimum atomic E-state index is -1.65. The van der Waals surface area contributed by atoms with E-state index in [1.54, 1.807) is 18.2 Å². The lowest BCUT2D eigenvalue weighted by atomic mass is 9.98. The van der Waals surface area contributed by atoms with Crippen LogP contribution < -0.4 is 10.4 Å². The van der Waals surface area contributed by atoms with Crippen molar-refractivity contribution in [1.29, 1.82) is 0 Å². The SMILES string of the molecule is CC(C)(O)[C@@H](COc1c2occc2cc2ccc(=O)oc12)O[C@@H]1O[C@H](CO)[C@@H](O)[C@H](O)[C@H]1O. The van der Waals surface area contributed by atoms with Crippen LogP contribution in [0.4, 0.5) is 0 Å². The molecule has 3 heterocycles. The van der Waals surface area contributed by atoms with E-state index in [0.717, 1.165) is 0 Å². The standard InChI is InChI=1S/C22H26O11/c1-22(2,28)13(32-21-17(27)16(26)15(25)12(8-23)31-21)9-30-20-18-11(5-6-29-18)7-10-3-4-14(24)33-19(10)20/h3-7,12-13,15-17,21,23,25-28H,8-9H2,1-2H3/t12-,13-,15-,16+,17-,21+/m1/s1. The lowest BCUT2D eigenvalue weighted by molar-refractivity contribution is -0.323. The Bertz CT molecular complexity index is 1160. The van der Waals surface area contributed by atoms with Crippen molar-refractivity contribution in [2.75, 3.05) is 13.2 Å². The largest absolute Gasteiger partial charge is 0.483 e. The van der Waals surface area contributed by atoms with Crippen LogP contribution >= 0.6 is 0 Å². The Kier molecular flexibility index (Phi) is 6.47. The third kappa shape index (κ3) is 4.62. The molecule has 1 aromatic carbocycles. The number of ether oxygens (including phenoxy) is 3. The summed E-state index contributed by atoms with van der Waals surface area (Å²) in [6, 6.07) is 6.34. The molecule has 33 heavy (non-hydrogen) atoms. The molecule has 0 saturated carbocycles. The molecule has 1 aliphatic heterocycles. The number of fused-ring (bicyclic) bond motifs is 2. The fourth-order valence-electron chi connectivity index (χ4n) is 3.65. The van der Waals surface area contributed by atoms with E-state index in [4.69, 9.17) is 23.0 Å². The van der Waals surface area contributed by atoms with Crippen LogP contribution in [0.5, 0.6) is 5.75 Å². The van der Waals surface area contributed by atoms with Gasteiger partial charge in [0.15, 0.2) is 17.5 Å². The fourth-order valence-corrected chi connectivity index (χ4v) is 3.65. The quantitative estimate of drug-likeness (QED) is 0.294. The molecule has 180 valence electrons. The molecule has 5 N–H and O–H groups in total. The van der Waals surface area contributed by atoms with Crippen molar-refractivity contribution in [3.05, 3.63) is 40.9 Å². The first-order valence-corrected chi connectivity index (χ1v) is 10.4.